The third-order valence-corrected chi connectivity index (χ3v) is 8.02. The number of sulfonamides is 1. The number of nitrogens with one attached hydrogen (secondary N) is 1. The normalized spacial score (nSPS) is 15.3. The van der Waals surface area contributed by atoms with Crippen molar-refractivity contribution >= 4 is 27.3 Å². The van der Waals surface area contributed by atoms with E-state index < -0.39 is 28.3 Å². The maximum absolute atomic E-state index is 13.6. The monoisotopic (exact) mass is 526 g/mol. The van der Waals surface area contributed by atoms with E-state index >= 15 is 0 Å². The number of ether oxygens (including phenoxy) is 3. The van der Waals surface area contributed by atoms with Gasteiger partial charge in [-0.1, -0.05) is 0 Å². The molecule has 2 aliphatic rings. The second-order valence-corrected chi connectivity index (χ2v) is 10.8. The SMILES string of the molecule is O=C(CN(c1ccc(F)cc1)S(=O)(=O)c1ccc2c(c1)OCCO2)Nc1ccc(OC2CCCC2)cc1. The number of halogens is 1. The van der Waals surface area contributed by atoms with Crippen LogP contribution in [0, 0.1) is 5.82 Å². The first-order chi connectivity index (χ1) is 17.9. The van der Waals surface area contributed by atoms with Gasteiger partial charge in [0.1, 0.15) is 31.3 Å². The lowest BCUT2D eigenvalue weighted by Crippen LogP contribution is -2.38. The highest BCUT2D eigenvalue weighted by Gasteiger charge is 2.29. The number of carbonyl (C=O) groups is 1. The van der Waals surface area contributed by atoms with Gasteiger partial charge in [0.05, 0.1) is 16.7 Å². The van der Waals surface area contributed by atoms with E-state index in [2.05, 4.69) is 5.32 Å². The number of hydrogen-bond acceptors (Lipinski definition) is 6. The maximum Gasteiger partial charge on any atom is 0.264 e. The van der Waals surface area contributed by atoms with Crippen LogP contribution in [0.25, 0.3) is 0 Å². The van der Waals surface area contributed by atoms with Gasteiger partial charge in [-0.15, -0.1) is 0 Å². The molecule has 0 aromatic heterocycles. The van der Waals surface area contributed by atoms with Crippen molar-refractivity contribution in [3.63, 3.8) is 0 Å². The van der Waals surface area contributed by atoms with E-state index in [0.717, 1.165) is 35.0 Å². The minimum absolute atomic E-state index is 0.0812. The molecular weight excluding hydrogens is 499 g/mol. The third-order valence-electron chi connectivity index (χ3n) is 6.25. The van der Waals surface area contributed by atoms with Crippen molar-refractivity contribution in [3.8, 4) is 17.2 Å². The van der Waals surface area contributed by atoms with Crippen molar-refractivity contribution in [1.82, 2.24) is 0 Å². The van der Waals surface area contributed by atoms with Crippen molar-refractivity contribution in [3.05, 3.63) is 72.5 Å². The first-order valence-corrected chi connectivity index (χ1v) is 13.6. The van der Waals surface area contributed by atoms with E-state index in [1.807, 2.05) is 0 Å². The molecule has 0 saturated heterocycles. The van der Waals surface area contributed by atoms with E-state index in [1.54, 1.807) is 24.3 Å². The topological polar surface area (TPSA) is 94.2 Å². The number of nitrogens with zero attached hydrogens (tertiary/aromatic N) is 1. The summed E-state index contributed by atoms with van der Waals surface area (Å²) in [6.45, 7) is 0.141. The summed E-state index contributed by atoms with van der Waals surface area (Å²) in [4.78, 5) is 12.9. The Balaban J connectivity index is 1.35. The number of anilines is 2. The van der Waals surface area contributed by atoms with Crippen LogP contribution in [0.4, 0.5) is 15.8 Å². The number of carbonyl (C=O) groups excluding carboxylic acids is 1. The summed E-state index contributed by atoms with van der Waals surface area (Å²) in [5.74, 6) is 0.381. The second-order valence-electron chi connectivity index (χ2n) is 8.89. The number of hydrogen-bond donors (Lipinski definition) is 1. The Morgan fingerprint density at radius 1 is 0.946 bits per heavy atom. The average Bonchev–Trinajstić information content (AvgIpc) is 3.42. The predicted octanol–water partition coefficient (Wildman–Crippen LogP) is 4.75. The highest BCUT2D eigenvalue weighted by Crippen LogP contribution is 2.34. The van der Waals surface area contributed by atoms with E-state index in [1.165, 1.54) is 43.2 Å². The first-order valence-electron chi connectivity index (χ1n) is 12.1. The van der Waals surface area contributed by atoms with Crippen molar-refractivity contribution in [2.24, 2.45) is 0 Å². The van der Waals surface area contributed by atoms with Gasteiger partial charge in [0.15, 0.2) is 11.5 Å². The van der Waals surface area contributed by atoms with E-state index in [4.69, 9.17) is 14.2 Å². The van der Waals surface area contributed by atoms with E-state index in [-0.39, 0.29) is 16.7 Å². The molecule has 1 heterocycles. The Bertz CT molecular complexity index is 1360. The van der Waals surface area contributed by atoms with Gasteiger partial charge in [0.2, 0.25) is 5.91 Å². The molecule has 0 unspecified atom stereocenters. The van der Waals surface area contributed by atoms with Crippen LogP contribution in [-0.2, 0) is 14.8 Å². The van der Waals surface area contributed by atoms with Crippen LogP contribution in [0.15, 0.2) is 71.6 Å². The molecule has 1 aliphatic heterocycles. The Labute approximate surface area is 215 Å². The van der Waals surface area contributed by atoms with Crippen LogP contribution in [0.5, 0.6) is 17.2 Å². The molecule has 1 aliphatic carbocycles. The quantitative estimate of drug-likeness (QED) is 0.455. The molecule has 3 aromatic carbocycles. The Morgan fingerprint density at radius 2 is 1.62 bits per heavy atom. The molecule has 1 amide bonds. The molecule has 3 aromatic rings. The highest BCUT2D eigenvalue weighted by atomic mass is 32.2. The summed E-state index contributed by atoms with van der Waals surface area (Å²) in [5, 5.41) is 2.73. The fraction of sp³-hybridized carbons (Fsp3) is 0.296. The number of rotatable bonds is 8. The molecule has 1 N–H and O–H groups in total. The highest BCUT2D eigenvalue weighted by molar-refractivity contribution is 7.92. The fourth-order valence-electron chi connectivity index (χ4n) is 4.38. The maximum atomic E-state index is 13.6. The van der Waals surface area contributed by atoms with Gasteiger partial charge >= 0.3 is 0 Å². The van der Waals surface area contributed by atoms with Gasteiger partial charge in [-0.2, -0.15) is 0 Å². The van der Waals surface area contributed by atoms with Gasteiger partial charge in [0, 0.05) is 11.8 Å². The van der Waals surface area contributed by atoms with E-state index in [9.17, 15) is 17.6 Å². The summed E-state index contributed by atoms with van der Waals surface area (Å²) in [5.41, 5.74) is 0.645. The zero-order valence-corrected chi connectivity index (χ0v) is 20.9. The molecule has 1 fully saturated rings. The molecule has 10 heteroatoms. The first kappa shape index (κ1) is 24.9. The minimum Gasteiger partial charge on any atom is -0.490 e. The predicted molar refractivity (Wildman–Crippen MR) is 136 cm³/mol. The number of amides is 1. The van der Waals surface area contributed by atoms with Crippen LogP contribution in [0.1, 0.15) is 25.7 Å². The van der Waals surface area contributed by atoms with Crippen LogP contribution in [0.2, 0.25) is 0 Å². The summed E-state index contributed by atoms with van der Waals surface area (Å²) >= 11 is 0. The summed E-state index contributed by atoms with van der Waals surface area (Å²) < 4.78 is 58.7. The number of fused-ring (bicyclic) bond motifs is 1. The van der Waals surface area contributed by atoms with E-state index in [0.29, 0.717) is 30.4 Å². The molecule has 8 nitrogen and oxygen atoms in total. The smallest absolute Gasteiger partial charge is 0.264 e. The fourth-order valence-corrected chi connectivity index (χ4v) is 5.82. The van der Waals surface area contributed by atoms with Crippen LogP contribution in [-0.4, -0.2) is 40.2 Å². The van der Waals surface area contributed by atoms with Crippen LogP contribution in [0.3, 0.4) is 0 Å². The molecule has 5 rings (SSSR count). The molecule has 0 spiro atoms. The Kier molecular flexibility index (Phi) is 7.18. The van der Waals surface area contributed by atoms with Gasteiger partial charge in [-0.3, -0.25) is 9.10 Å². The Morgan fingerprint density at radius 3 is 2.32 bits per heavy atom. The molecule has 37 heavy (non-hydrogen) atoms. The lowest BCUT2D eigenvalue weighted by atomic mass is 10.2. The molecule has 0 bridgehead atoms. The average molecular weight is 527 g/mol. The summed E-state index contributed by atoms with van der Waals surface area (Å²) in [6.07, 6.45) is 4.62. The van der Waals surface area contributed by atoms with Crippen LogP contribution >= 0.6 is 0 Å². The lowest BCUT2D eigenvalue weighted by molar-refractivity contribution is -0.114. The summed E-state index contributed by atoms with van der Waals surface area (Å²) in [7, 11) is -4.21. The largest absolute Gasteiger partial charge is 0.490 e. The minimum atomic E-state index is -4.21. The van der Waals surface area contributed by atoms with Crippen molar-refractivity contribution < 1.29 is 31.8 Å². The van der Waals surface area contributed by atoms with Gasteiger partial charge in [-0.25, -0.2) is 12.8 Å². The zero-order valence-electron chi connectivity index (χ0n) is 20.1. The Hall–Kier alpha value is -3.79. The molecule has 0 atom stereocenters. The third kappa shape index (κ3) is 5.80. The second kappa shape index (κ2) is 10.7. The molecule has 0 radical (unpaired) electrons. The lowest BCUT2D eigenvalue weighted by Gasteiger charge is -2.25. The number of benzene rings is 3. The zero-order chi connectivity index (χ0) is 25.8. The molecule has 1 saturated carbocycles. The van der Waals surface area contributed by atoms with Gasteiger partial charge < -0.3 is 19.5 Å². The van der Waals surface area contributed by atoms with Crippen molar-refractivity contribution in [2.45, 2.75) is 36.7 Å². The summed E-state index contributed by atoms with van der Waals surface area (Å²) in [6, 6.07) is 16.1. The van der Waals surface area contributed by atoms with Crippen molar-refractivity contribution in [2.75, 3.05) is 29.4 Å². The van der Waals surface area contributed by atoms with Crippen LogP contribution < -0.4 is 23.8 Å². The van der Waals surface area contributed by atoms with Crippen molar-refractivity contribution in [1.29, 1.82) is 0 Å². The molecule has 194 valence electrons. The standard InChI is InChI=1S/C27H27FN2O6S/c28-19-5-9-21(10-6-19)30(37(32,33)24-13-14-25-26(17-24)35-16-15-34-25)18-27(31)29-20-7-11-23(12-8-20)36-22-3-1-2-4-22/h5-14,17,22H,1-4,15-16,18H2,(H,29,31). The molecular formula is C27H27FN2O6S. The van der Waals surface area contributed by atoms with Gasteiger partial charge in [0.25, 0.3) is 10.0 Å². The van der Waals surface area contributed by atoms with Gasteiger partial charge in [-0.05, 0) is 86.3 Å².